The van der Waals surface area contributed by atoms with Gasteiger partial charge < -0.3 is 5.11 Å². The highest BCUT2D eigenvalue weighted by atomic mass is 32.2. The van der Waals surface area contributed by atoms with Crippen LogP contribution in [0.5, 0.6) is 0 Å². The largest absolute Gasteiger partial charge is 0.480 e. The van der Waals surface area contributed by atoms with Crippen molar-refractivity contribution in [3.8, 4) is 0 Å². The first-order chi connectivity index (χ1) is 8.47. The normalized spacial score (nSPS) is 11.3. The highest BCUT2D eigenvalue weighted by Gasteiger charge is 2.18. The Morgan fingerprint density at radius 3 is 2.89 bits per heavy atom. The molecule has 2 N–H and O–H groups in total. The SMILES string of the molecule is O=C(O)Cn1cc(S(=O)(=O)Nc2cnns2)cn1. The monoisotopic (exact) mass is 289 g/mol. The first kappa shape index (κ1) is 12.4. The van der Waals surface area contributed by atoms with Gasteiger partial charge in [-0.25, -0.2) is 8.42 Å². The molecule has 0 bridgehead atoms. The molecule has 0 saturated carbocycles. The van der Waals surface area contributed by atoms with Crippen LogP contribution in [0.3, 0.4) is 0 Å². The molecule has 0 aliphatic rings. The predicted octanol–water partition coefficient (Wildman–Crippen LogP) is -0.380. The summed E-state index contributed by atoms with van der Waals surface area (Å²) in [6.45, 7) is -0.405. The van der Waals surface area contributed by atoms with E-state index < -0.39 is 22.5 Å². The van der Waals surface area contributed by atoms with Crippen LogP contribution in [-0.4, -0.2) is 38.9 Å². The zero-order chi connectivity index (χ0) is 13.2. The topological polar surface area (TPSA) is 127 Å². The average molecular weight is 289 g/mol. The van der Waals surface area contributed by atoms with Gasteiger partial charge in [-0.15, -0.1) is 5.10 Å². The Hall–Kier alpha value is -2.01. The van der Waals surface area contributed by atoms with E-state index in [2.05, 4.69) is 19.4 Å². The van der Waals surface area contributed by atoms with Gasteiger partial charge in [0.25, 0.3) is 10.0 Å². The van der Waals surface area contributed by atoms with Crippen LogP contribution in [0.15, 0.2) is 23.5 Å². The second-order valence-corrected chi connectivity index (χ2v) is 5.62. The fraction of sp³-hybridized carbons (Fsp3) is 0.143. The minimum Gasteiger partial charge on any atom is -0.480 e. The maximum atomic E-state index is 11.8. The van der Waals surface area contributed by atoms with Gasteiger partial charge >= 0.3 is 5.97 Å². The number of aliphatic carboxylic acids is 1. The number of carboxylic acid groups (broad SMARTS) is 1. The second kappa shape index (κ2) is 4.70. The molecule has 0 atom stereocenters. The zero-order valence-electron chi connectivity index (χ0n) is 8.72. The molecule has 18 heavy (non-hydrogen) atoms. The van der Waals surface area contributed by atoms with E-state index >= 15 is 0 Å². The summed E-state index contributed by atoms with van der Waals surface area (Å²) in [6.07, 6.45) is 3.47. The number of carboxylic acids is 1. The molecule has 0 aliphatic heterocycles. The lowest BCUT2D eigenvalue weighted by atomic mass is 10.6. The van der Waals surface area contributed by atoms with Crippen LogP contribution in [0.2, 0.25) is 0 Å². The third-order valence-corrected chi connectivity index (χ3v) is 3.84. The van der Waals surface area contributed by atoms with E-state index in [9.17, 15) is 13.2 Å². The Labute approximate surface area is 105 Å². The van der Waals surface area contributed by atoms with Crippen molar-refractivity contribution in [1.82, 2.24) is 19.4 Å². The fourth-order valence-corrected chi connectivity index (χ4v) is 2.75. The van der Waals surface area contributed by atoms with Crippen LogP contribution in [0.1, 0.15) is 0 Å². The number of rotatable bonds is 5. The average Bonchev–Trinajstić information content (AvgIpc) is 2.87. The van der Waals surface area contributed by atoms with E-state index in [1.165, 1.54) is 6.20 Å². The molecule has 0 aromatic carbocycles. The van der Waals surface area contributed by atoms with Crippen molar-refractivity contribution in [2.45, 2.75) is 11.4 Å². The molecule has 0 fully saturated rings. The lowest BCUT2D eigenvalue weighted by Gasteiger charge is -2.01. The summed E-state index contributed by atoms with van der Waals surface area (Å²) in [7, 11) is -3.79. The van der Waals surface area contributed by atoms with Gasteiger partial charge in [-0.3, -0.25) is 14.2 Å². The molecule has 11 heteroatoms. The number of hydrogen-bond acceptors (Lipinski definition) is 7. The lowest BCUT2D eigenvalue weighted by Crippen LogP contribution is -2.12. The molecular formula is C7H7N5O4S2. The molecule has 0 spiro atoms. The van der Waals surface area contributed by atoms with Crippen molar-refractivity contribution in [1.29, 1.82) is 0 Å². The maximum Gasteiger partial charge on any atom is 0.325 e. The molecule has 96 valence electrons. The zero-order valence-corrected chi connectivity index (χ0v) is 10.3. The number of carbonyl (C=O) groups is 1. The van der Waals surface area contributed by atoms with Crippen molar-refractivity contribution in [3.05, 3.63) is 18.6 Å². The summed E-state index contributed by atoms with van der Waals surface area (Å²) < 4.78 is 30.4. The Morgan fingerprint density at radius 2 is 2.28 bits per heavy atom. The maximum absolute atomic E-state index is 11.8. The van der Waals surface area contributed by atoms with Crippen LogP contribution < -0.4 is 4.72 Å². The summed E-state index contributed by atoms with van der Waals surface area (Å²) >= 11 is 0.889. The van der Waals surface area contributed by atoms with E-state index in [0.717, 1.165) is 28.6 Å². The highest BCUT2D eigenvalue weighted by Crippen LogP contribution is 2.16. The number of aromatic nitrogens is 4. The quantitative estimate of drug-likeness (QED) is 0.768. The van der Waals surface area contributed by atoms with Crippen LogP contribution in [0.4, 0.5) is 5.00 Å². The molecule has 2 heterocycles. The summed E-state index contributed by atoms with van der Waals surface area (Å²) in [5.74, 6) is -1.11. The van der Waals surface area contributed by atoms with E-state index in [0.29, 0.717) is 0 Å². The number of nitrogens with one attached hydrogen (secondary N) is 1. The Kier molecular flexibility index (Phi) is 3.25. The van der Waals surface area contributed by atoms with Gasteiger partial charge in [0.05, 0.1) is 12.4 Å². The molecule has 2 aromatic rings. The number of anilines is 1. The summed E-state index contributed by atoms with van der Waals surface area (Å²) in [5.41, 5.74) is 0. The van der Waals surface area contributed by atoms with Crippen LogP contribution in [-0.2, 0) is 21.4 Å². The van der Waals surface area contributed by atoms with Crippen LogP contribution in [0.25, 0.3) is 0 Å². The molecule has 0 unspecified atom stereocenters. The number of nitrogens with zero attached hydrogens (tertiary/aromatic N) is 4. The van der Waals surface area contributed by atoms with Crippen molar-refractivity contribution >= 4 is 32.5 Å². The Morgan fingerprint density at radius 1 is 1.50 bits per heavy atom. The number of sulfonamides is 1. The van der Waals surface area contributed by atoms with Crippen molar-refractivity contribution < 1.29 is 18.3 Å². The minimum atomic E-state index is -3.79. The molecule has 0 radical (unpaired) electrons. The van der Waals surface area contributed by atoms with Gasteiger partial charge in [0, 0.05) is 17.7 Å². The smallest absolute Gasteiger partial charge is 0.325 e. The third kappa shape index (κ3) is 2.81. The van der Waals surface area contributed by atoms with Crippen LogP contribution >= 0.6 is 11.5 Å². The molecule has 9 nitrogen and oxygen atoms in total. The second-order valence-electron chi connectivity index (χ2n) is 3.15. The van der Waals surface area contributed by atoms with Crippen LogP contribution in [0, 0.1) is 0 Å². The van der Waals surface area contributed by atoms with E-state index in [1.807, 2.05) is 0 Å². The standard InChI is InChI=1S/C7H7N5O4S2/c13-7(14)4-12-3-5(1-9-12)18(15,16)10-6-2-8-11-17-6/h1-3,10H,4H2,(H,13,14). The Balaban J connectivity index is 2.19. The van der Waals surface area contributed by atoms with Gasteiger partial charge in [-0.2, -0.15) is 5.10 Å². The molecule has 0 aliphatic carbocycles. The van der Waals surface area contributed by atoms with E-state index in [4.69, 9.17) is 5.11 Å². The fourth-order valence-electron chi connectivity index (χ4n) is 1.11. The van der Waals surface area contributed by atoms with E-state index in [-0.39, 0.29) is 9.90 Å². The van der Waals surface area contributed by atoms with Gasteiger partial charge in [-0.05, 0) is 0 Å². The van der Waals surface area contributed by atoms with Gasteiger partial charge in [-0.1, -0.05) is 4.49 Å². The summed E-state index contributed by atoms with van der Waals surface area (Å²) in [5, 5.41) is 15.9. The molecule has 2 rings (SSSR count). The number of hydrogen-bond donors (Lipinski definition) is 2. The van der Waals surface area contributed by atoms with Crippen molar-refractivity contribution in [2.24, 2.45) is 0 Å². The van der Waals surface area contributed by atoms with Crippen molar-refractivity contribution in [3.63, 3.8) is 0 Å². The molecular weight excluding hydrogens is 282 g/mol. The highest BCUT2D eigenvalue weighted by molar-refractivity contribution is 7.93. The summed E-state index contributed by atoms with van der Waals surface area (Å²) in [4.78, 5) is 10.3. The first-order valence-corrected chi connectivity index (χ1v) is 6.77. The minimum absolute atomic E-state index is 0.128. The summed E-state index contributed by atoms with van der Waals surface area (Å²) in [6, 6.07) is 0. The van der Waals surface area contributed by atoms with Crippen molar-refractivity contribution in [2.75, 3.05) is 4.72 Å². The van der Waals surface area contributed by atoms with Gasteiger partial charge in [0.15, 0.2) is 0 Å². The molecule has 0 amide bonds. The molecule has 0 saturated heterocycles. The van der Waals surface area contributed by atoms with Gasteiger partial charge in [0.2, 0.25) is 0 Å². The van der Waals surface area contributed by atoms with Gasteiger partial charge in [0.1, 0.15) is 16.4 Å². The first-order valence-electron chi connectivity index (χ1n) is 4.52. The third-order valence-electron chi connectivity index (χ3n) is 1.81. The Bertz CT molecular complexity index is 647. The van der Waals surface area contributed by atoms with E-state index in [1.54, 1.807) is 0 Å². The lowest BCUT2D eigenvalue weighted by molar-refractivity contribution is -0.137. The predicted molar refractivity (Wildman–Crippen MR) is 60.6 cm³/mol. The molecule has 2 aromatic heterocycles.